The molecule has 2 saturated carbocycles. The zero-order chi connectivity index (χ0) is 34.9. The van der Waals surface area contributed by atoms with E-state index in [2.05, 4.69) is 60.7 Å². The molecule has 2 heterocycles. The van der Waals surface area contributed by atoms with Gasteiger partial charge in [0.15, 0.2) is 0 Å². The van der Waals surface area contributed by atoms with Crippen molar-refractivity contribution in [2.75, 3.05) is 13.2 Å². The molecule has 46 heavy (non-hydrogen) atoms. The molecule has 2 aliphatic heterocycles. The van der Waals surface area contributed by atoms with E-state index >= 15 is 0 Å². The van der Waals surface area contributed by atoms with Crippen LogP contribution in [0.5, 0.6) is 0 Å². The Morgan fingerprint density at radius 1 is 0.783 bits per heavy atom. The first-order valence-electron chi connectivity index (χ1n) is 18.4. The molecule has 9 atom stereocenters. The SMILES string of the molecule is CC1(C=O)CCCCC1.C[C@@H]1[C@H](C)COC(N(C=O)[C@H](C(=O)NC(C)(C)C)C2(C)CCCCC2)[C@H]1C.C[C@H]1[C@H](C)[C@@H](N)OC[C@H]1C. The van der Waals surface area contributed by atoms with Gasteiger partial charge in [0, 0.05) is 16.9 Å². The summed E-state index contributed by atoms with van der Waals surface area (Å²) in [6.45, 7) is 24.8. The molecule has 8 nitrogen and oxygen atoms in total. The van der Waals surface area contributed by atoms with E-state index in [4.69, 9.17) is 15.2 Å². The summed E-state index contributed by atoms with van der Waals surface area (Å²) in [5.41, 5.74) is 5.19. The van der Waals surface area contributed by atoms with Gasteiger partial charge < -0.3 is 30.2 Å². The summed E-state index contributed by atoms with van der Waals surface area (Å²) in [7, 11) is 0. The van der Waals surface area contributed by atoms with Crippen molar-refractivity contribution in [2.45, 2.75) is 164 Å². The van der Waals surface area contributed by atoms with Crippen LogP contribution in [0.4, 0.5) is 0 Å². The molecule has 0 spiro atoms. The van der Waals surface area contributed by atoms with Gasteiger partial charge in [-0.2, -0.15) is 0 Å². The third-order valence-electron chi connectivity index (χ3n) is 11.9. The van der Waals surface area contributed by atoms with Gasteiger partial charge in [0.05, 0.1) is 13.2 Å². The van der Waals surface area contributed by atoms with Crippen molar-refractivity contribution in [3.63, 3.8) is 0 Å². The molecule has 0 aromatic carbocycles. The van der Waals surface area contributed by atoms with Crippen molar-refractivity contribution in [1.29, 1.82) is 0 Å². The molecule has 0 bridgehead atoms. The maximum atomic E-state index is 13.4. The van der Waals surface area contributed by atoms with Crippen molar-refractivity contribution in [2.24, 2.45) is 52.1 Å². The summed E-state index contributed by atoms with van der Waals surface area (Å²) in [6.07, 6.45) is 13.0. The highest BCUT2D eigenvalue weighted by molar-refractivity contribution is 5.85. The van der Waals surface area contributed by atoms with E-state index in [9.17, 15) is 14.4 Å². The quantitative estimate of drug-likeness (QED) is 0.292. The smallest absolute Gasteiger partial charge is 0.243 e. The van der Waals surface area contributed by atoms with Crippen molar-refractivity contribution in [3.8, 4) is 0 Å². The van der Waals surface area contributed by atoms with Crippen LogP contribution in [-0.2, 0) is 23.9 Å². The Hall–Kier alpha value is -1.51. The van der Waals surface area contributed by atoms with Gasteiger partial charge in [0.25, 0.3) is 0 Å². The molecule has 2 aliphatic carbocycles. The predicted molar refractivity (Wildman–Crippen MR) is 187 cm³/mol. The second-order valence-corrected chi connectivity index (χ2v) is 17.2. The van der Waals surface area contributed by atoms with Crippen molar-refractivity contribution in [1.82, 2.24) is 10.2 Å². The fraction of sp³-hybridized carbons (Fsp3) is 0.921. The minimum Gasteiger partial charge on any atom is -0.363 e. The van der Waals surface area contributed by atoms with Gasteiger partial charge in [-0.25, -0.2) is 0 Å². The van der Waals surface area contributed by atoms with E-state index in [1.807, 2.05) is 20.8 Å². The zero-order valence-electron chi connectivity index (χ0n) is 31.4. The lowest BCUT2D eigenvalue weighted by Crippen LogP contribution is -2.63. The van der Waals surface area contributed by atoms with Gasteiger partial charge in [-0.1, -0.05) is 93.9 Å². The first-order chi connectivity index (χ1) is 21.4. The van der Waals surface area contributed by atoms with E-state index < -0.39 is 6.04 Å². The Kier molecular flexibility index (Phi) is 15.7. The summed E-state index contributed by atoms with van der Waals surface area (Å²) < 4.78 is 11.5. The summed E-state index contributed by atoms with van der Waals surface area (Å²) in [5.74, 6) is 2.90. The summed E-state index contributed by atoms with van der Waals surface area (Å²) in [5, 5.41) is 3.14. The molecule has 2 saturated heterocycles. The highest BCUT2D eigenvalue weighted by Gasteiger charge is 2.48. The molecule has 1 unspecified atom stereocenters. The van der Waals surface area contributed by atoms with Crippen LogP contribution in [0, 0.1) is 46.3 Å². The van der Waals surface area contributed by atoms with Crippen LogP contribution < -0.4 is 11.1 Å². The standard InChI is InChI=1S/C22H40N2O3.C8H17NO.C8H14O/c1-15-13-27-20(17(3)16(15)2)24(14-25)18(19(26)23-21(4,5)6)22(7)11-9-8-10-12-22;1-5-4-10-8(9)7(3)6(5)2;1-8(7-9)5-3-2-4-6-8/h14-18,20H,8-13H2,1-7H3,(H,23,26);5-8H,4,9H2,1-3H3;7H,2-6H2,1H3/t15-,16-,17+,18-,20?;5-,6-,7+,8+;/m11./s1. The minimum absolute atomic E-state index is 0.0359. The van der Waals surface area contributed by atoms with Gasteiger partial charge >= 0.3 is 0 Å². The van der Waals surface area contributed by atoms with E-state index in [0.717, 1.165) is 57.8 Å². The van der Waals surface area contributed by atoms with Crippen molar-refractivity contribution < 1.29 is 23.9 Å². The molecule has 4 aliphatic rings. The monoisotopic (exact) mass is 650 g/mol. The minimum atomic E-state index is -0.498. The average molecular weight is 650 g/mol. The van der Waals surface area contributed by atoms with Crippen LogP contribution in [0.1, 0.15) is 140 Å². The van der Waals surface area contributed by atoms with Crippen LogP contribution in [0.25, 0.3) is 0 Å². The van der Waals surface area contributed by atoms with E-state index in [1.165, 1.54) is 25.7 Å². The van der Waals surface area contributed by atoms with Crippen LogP contribution in [0.3, 0.4) is 0 Å². The molecule has 2 amide bonds. The number of carbonyl (C=O) groups excluding carboxylic acids is 3. The van der Waals surface area contributed by atoms with Crippen LogP contribution in [0.15, 0.2) is 0 Å². The number of hydrogen-bond donors (Lipinski definition) is 2. The maximum absolute atomic E-state index is 13.4. The second-order valence-electron chi connectivity index (χ2n) is 17.2. The van der Waals surface area contributed by atoms with Crippen LogP contribution in [-0.4, -0.2) is 60.8 Å². The first kappa shape index (κ1) is 40.7. The number of carbonyl (C=O) groups is 3. The van der Waals surface area contributed by atoms with Gasteiger partial charge in [-0.05, 0) is 81.5 Å². The molecule has 4 rings (SSSR count). The zero-order valence-corrected chi connectivity index (χ0v) is 31.4. The number of nitrogens with zero attached hydrogens (tertiary/aromatic N) is 1. The molecule has 4 fully saturated rings. The predicted octanol–water partition coefficient (Wildman–Crippen LogP) is 7.33. The Morgan fingerprint density at radius 3 is 1.70 bits per heavy atom. The summed E-state index contributed by atoms with van der Waals surface area (Å²) in [6, 6.07) is -0.498. The molecule has 0 aromatic rings. The van der Waals surface area contributed by atoms with Gasteiger partial charge in [-0.15, -0.1) is 0 Å². The molecule has 8 heteroatoms. The number of rotatable bonds is 6. The van der Waals surface area contributed by atoms with Crippen molar-refractivity contribution in [3.05, 3.63) is 0 Å². The summed E-state index contributed by atoms with van der Waals surface area (Å²) >= 11 is 0. The average Bonchev–Trinajstić information content (AvgIpc) is 3.00. The Morgan fingerprint density at radius 2 is 1.26 bits per heavy atom. The molecule has 3 N–H and O–H groups in total. The Balaban J connectivity index is 0.000000313. The topological polar surface area (TPSA) is 111 Å². The van der Waals surface area contributed by atoms with Crippen LogP contribution >= 0.6 is 0 Å². The number of aldehydes is 1. The molecular weight excluding hydrogens is 578 g/mol. The largest absolute Gasteiger partial charge is 0.363 e. The first-order valence-corrected chi connectivity index (χ1v) is 18.4. The van der Waals surface area contributed by atoms with Crippen molar-refractivity contribution >= 4 is 18.6 Å². The molecule has 0 radical (unpaired) electrons. The van der Waals surface area contributed by atoms with Crippen LogP contribution in [0.2, 0.25) is 0 Å². The Labute approximate surface area is 282 Å². The third-order valence-corrected chi connectivity index (χ3v) is 11.9. The third kappa shape index (κ3) is 11.3. The summed E-state index contributed by atoms with van der Waals surface area (Å²) in [4.78, 5) is 37.9. The Bertz CT molecular complexity index is 925. The molecule has 0 aromatic heterocycles. The lowest BCUT2D eigenvalue weighted by molar-refractivity contribution is -0.185. The fourth-order valence-electron chi connectivity index (χ4n) is 7.70. The number of ether oxygens (including phenoxy) is 2. The lowest BCUT2D eigenvalue weighted by atomic mass is 9.69. The number of hydrogen-bond acceptors (Lipinski definition) is 6. The molecular formula is C38H71N3O5. The lowest BCUT2D eigenvalue weighted by Gasteiger charge is -2.50. The number of nitrogens with one attached hydrogen (secondary N) is 1. The van der Waals surface area contributed by atoms with E-state index in [0.29, 0.717) is 36.2 Å². The normalized spacial score (nSPS) is 34.7. The van der Waals surface area contributed by atoms with Gasteiger partial charge in [-0.3, -0.25) is 9.59 Å². The highest BCUT2D eigenvalue weighted by Crippen LogP contribution is 2.43. The van der Waals surface area contributed by atoms with Gasteiger partial charge in [0.1, 0.15) is 24.8 Å². The van der Waals surface area contributed by atoms with Gasteiger partial charge in [0.2, 0.25) is 12.3 Å². The van der Waals surface area contributed by atoms with E-state index in [1.54, 1.807) is 4.90 Å². The maximum Gasteiger partial charge on any atom is 0.243 e. The van der Waals surface area contributed by atoms with E-state index in [-0.39, 0.29) is 40.6 Å². The second kappa shape index (κ2) is 17.8. The number of nitrogens with two attached hydrogens (primary N) is 1. The fourth-order valence-corrected chi connectivity index (χ4v) is 7.70. The number of amides is 2. The molecule has 268 valence electrons. The highest BCUT2D eigenvalue weighted by atomic mass is 16.5.